The molecule has 0 atom stereocenters. The average Bonchev–Trinajstić information content (AvgIpc) is 2.10. The number of nitrogens with one attached hydrogen (secondary N) is 1. The molecule has 2 N–H and O–H groups in total. The summed E-state index contributed by atoms with van der Waals surface area (Å²) in [5.41, 5.74) is -0.882. The lowest BCUT2D eigenvalue weighted by Gasteiger charge is -2.10. The van der Waals surface area contributed by atoms with E-state index in [4.69, 9.17) is 5.11 Å². The number of aromatic amines is 1. The van der Waals surface area contributed by atoms with Crippen molar-refractivity contribution in [2.24, 2.45) is 0 Å². The summed E-state index contributed by atoms with van der Waals surface area (Å²) in [4.78, 5) is 23.6. The van der Waals surface area contributed by atoms with Crippen LogP contribution in [-0.2, 0) is 11.2 Å². The molecule has 0 spiro atoms. The van der Waals surface area contributed by atoms with Gasteiger partial charge in [-0.1, -0.05) is 0 Å². The molecule has 5 nitrogen and oxygen atoms in total. The van der Waals surface area contributed by atoms with E-state index in [2.05, 4.69) is 4.74 Å². The van der Waals surface area contributed by atoms with Crippen molar-refractivity contribution in [1.29, 1.82) is 0 Å². The van der Waals surface area contributed by atoms with E-state index in [1.165, 1.54) is 6.92 Å². The third-order valence-corrected chi connectivity index (χ3v) is 1.87. The van der Waals surface area contributed by atoms with Crippen LogP contribution >= 0.6 is 0 Å². The van der Waals surface area contributed by atoms with Gasteiger partial charge >= 0.3 is 12.3 Å². The van der Waals surface area contributed by atoms with E-state index in [1.807, 2.05) is 4.98 Å². The molecule has 1 aromatic rings. The minimum Gasteiger partial charge on any atom is -0.481 e. The molecule has 0 bridgehead atoms. The second-order valence-corrected chi connectivity index (χ2v) is 3.24. The number of halogens is 3. The molecule has 0 aliphatic rings. The number of ether oxygens (including phenoxy) is 1. The predicted octanol–water partition coefficient (Wildman–Crippen LogP) is 1.21. The van der Waals surface area contributed by atoms with Gasteiger partial charge in [-0.3, -0.25) is 9.59 Å². The fraction of sp³-hybridized carbons (Fsp3) is 0.333. The summed E-state index contributed by atoms with van der Waals surface area (Å²) in [6, 6.07) is 0.852. The standard InChI is InChI=1S/C9H8F3NO4/c1-4-2-6(17-9(10,11)12)8(16)13-5(4)3-7(14)15/h2H,3H2,1H3,(H,13,16)(H,14,15). The second kappa shape index (κ2) is 4.48. The molecule has 94 valence electrons. The Morgan fingerprint density at radius 2 is 2.12 bits per heavy atom. The molecule has 8 heteroatoms. The van der Waals surface area contributed by atoms with Gasteiger partial charge in [0.2, 0.25) is 0 Å². The van der Waals surface area contributed by atoms with Crippen molar-refractivity contribution in [2.45, 2.75) is 19.7 Å². The number of hydrogen-bond acceptors (Lipinski definition) is 3. The number of carboxylic acids is 1. The fourth-order valence-corrected chi connectivity index (χ4v) is 1.18. The maximum Gasteiger partial charge on any atom is 0.573 e. The number of aromatic nitrogens is 1. The van der Waals surface area contributed by atoms with Crippen LogP contribution in [0, 0.1) is 6.92 Å². The lowest BCUT2D eigenvalue weighted by molar-refractivity contribution is -0.275. The van der Waals surface area contributed by atoms with E-state index in [0.29, 0.717) is 0 Å². The van der Waals surface area contributed by atoms with Crippen LogP contribution < -0.4 is 10.3 Å². The van der Waals surface area contributed by atoms with Gasteiger partial charge in [0.15, 0.2) is 5.75 Å². The Labute approximate surface area is 92.8 Å². The van der Waals surface area contributed by atoms with Gasteiger partial charge in [0.1, 0.15) is 0 Å². The number of H-pyrrole nitrogens is 1. The third-order valence-electron chi connectivity index (χ3n) is 1.87. The van der Waals surface area contributed by atoms with Crippen LogP contribution in [0.3, 0.4) is 0 Å². The fourth-order valence-electron chi connectivity index (χ4n) is 1.18. The lowest BCUT2D eigenvalue weighted by atomic mass is 10.1. The monoisotopic (exact) mass is 251 g/mol. The molecule has 17 heavy (non-hydrogen) atoms. The predicted molar refractivity (Wildman–Crippen MR) is 49.8 cm³/mol. The molecule has 0 amide bonds. The molecule has 0 aliphatic heterocycles. The highest BCUT2D eigenvalue weighted by Crippen LogP contribution is 2.20. The van der Waals surface area contributed by atoms with Gasteiger partial charge in [-0.25, -0.2) is 0 Å². The summed E-state index contributed by atoms with van der Waals surface area (Å²) in [7, 11) is 0. The van der Waals surface area contributed by atoms with Gasteiger partial charge in [-0.2, -0.15) is 0 Å². The van der Waals surface area contributed by atoms with Crippen molar-refractivity contribution in [3.05, 3.63) is 27.7 Å². The number of carbonyl (C=O) groups is 1. The molecular formula is C9H8F3NO4. The van der Waals surface area contributed by atoms with Crippen LogP contribution in [0.15, 0.2) is 10.9 Å². The minimum atomic E-state index is -4.96. The van der Waals surface area contributed by atoms with Gasteiger partial charge in [-0.15, -0.1) is 13.2 Å². The van der Waals surface area contributed by atoms with Crippen LogP contribution in [0.5, 0.6) is 5.75 Å². The molecular weight excluding hydrogens is 243 g/mol. The lowest BCUT2D eigenvalue weighted by Crippen LogP contribution is -2.24. The number of hydrogen-bond donors (Lipinski definition) is 2. The molecule has 0 unspecified atom stereocenters. The summed E-state index contributed by atoms with van der Waals surface area (Å²) in [5.74, 6) is -2.11. The van der Waals surface area contributed by atoms with Gasteiger partial charge in [0, 0.05) is 5.69 Å². The number of aryl methyl sites for hydroxylation is 1. The molecule has 0 saturated heterocycles. The van der Waals surface area contributed by atoms with E-state index in [9.17, 15) is 22.8 Å². The highest BCUT2D eigenvalue weighted by atomic mass is 19.4. The summed E-state index contributed by atoms with van der Waals surface area (Å²) >= 11 is 0. The van der Waals surface area contributed by atoms with Crippen molar-refractivity contribution in [3.63, 3.8) is 0 Å². The van der Waals surface area contributed by atoms with E-state index in [-0.39, 0.29) is 11.3 Å². The Morgan fingerprint density at radius 1 is 1.53 bits per heavy atom. The first kappa shape index (κ1) is 13.1. The number of rotatable bonds is 3. The Bertz CT molecular complexity index is 492. The number of alkyl halides is 3. The third kappa shape index (κ3) is 3.82. The Balaban J connectivity index is 3.10. The van der Waals surface area contributed by atoms with E-state index >= 15 is 0 Å². The molecule has 0 radical (unpaired) electrons. The molecule has 1 heterocycles. The van der Waals surface area contributed by atoms with Crippen LogP contribution in [0.25, 0.3) is 0 Å². The van der Waals surface area contributed by atoms with E-state index in [0.717, 1.165) is 6.07 Å². The van der Waals surface area contributed by atoms with Gasteiger partial charge in [0.05, 0.1) is 6.42 Å². The summed E-state index contributed by atoms with van der Waals surface area (Å²) in [5, 5.41) is 8.50. The molecule has 0 fully saturated rings. The first-order valence-corrected chi connectivity index (χ1v) is 4.39. The Hall–Kier alpha value is -1.99. The van der Waals surface area contributed by atoms with E-state index in [1.54, 1.807) is 0 Å². The normalized spacial score (nSPS) is 11.3. The summed E-state index contributed by atoms with van der Waals surface area (Å²) in [6.07, 6.45) is -5.44. The molecule has 0 aromatic carbocycles. The first-order valence-electron chi connectivity index (χ1n) is 4.39. The smallest absolute Gasteiger partial charge is 0.481 e. The first-order chi connectivity index (χ1) is 7.69. The number of pyridine rings is 1. The van der Waals surface area contributed by atoms with Crippen LogP contribution in [0.1, 0.15) is 11.3 Å². The minimum absolute atomic E-state index is 0.0389. The summed E-state index contributed by atoms with van der Waals surface area (Å²) in [6.45, 7) is 1.37. The molecule has 1 aromatic heterocycles. The second-order valence-electron chi connectivity index (χ2n) is 3.24. The Kier molecular flexibility index (Phi) is 3.45. The molecule has 0 aliphatic carbocycles. The maximum atomic E-state index is 11.9. The number of aliphatic carboxylic acids is 1. The van der Waals surface area contributed by atoms with Crippen LogP contribution in [0.4, 0.5) is 13.2 Å². The highest BCUT2D eigenvalue weighted by molar-refractivity contribution is 5.70. The zero-order valence-corrected chi connectivity index (χ0v) is 8.59. The molecule has 0 saturated carbocycles. The van der Waals surface area contributed by atoms with Gasteiger partial charge < -0.3 is 14.8 Å². The van der Waals surface area contributed by atoms with Gasteiger partial charge in [0.25, 0.3) is 5.56 Å². The van der Waals surface area contributed by atoms with Crippen molar-refractivity contribution < 1.29 is 27.8 Å². The SMILES string of the molecule is Cc1cc(OC(F)(F)F)c(=O)[nH]c1CC(=O)O. The Morgan fingerprint density at radius 3 is 2.59 bits per heavy atom. The average molecular weight is 251 g/mol. The zero-order chi connectivity index (χ0) is 13.2. The van der Waals surface area contributed by atoms with Crippen LogP contribution in [-0.4, -0.2) is 22.4 Å². The van der Waals surface area contributed by atoms with E-state index < -0.39 is 30.1 Å². The molecule has 1 rings (SSSR count). The zero-order valence-electron chi connectivity index (χ0n) is 8.59. The quantitative estimate of drug-likeness (QED) is 0.846. The van der Waals surface area contributed by atoms with Crippen molar-refractivity contribution in [3.8, 4) is 5.75 Å². The van der Waals surface area contributed by atoms with Crippen molar-refractivity contribution in [2.75, 3.05) is 0 Å². The largest absolute Gasteiger partial charge is 0.573 e. The van der Waals surface area contributed by atoms with Crippen LogP contribution in [0.2, 0.25) is 0 Å². The van der Waals surface area contributed by atoms with Crippen molar-refractivity contribution >= 4 is 5.97 Å². The topological polar surface area (TPSA) is 79.4 Å². The van der Waals surface area contributed by atoms with Crippen molar-refractivity contribution in [1.82, 2.24) is 4.98 Å². The van der Waals surface area contributed by atoms with Gasteiger partial charge in [-0.05, 0) is 18.6 Å². The maximum absolute atomic E-state index is 11.9. The highest BCUT2D eigenvalue weighted by Gasteiger charge is 2.32. The number of carboxylic acid groups (broad SMARTS) is 1. The summed E-state index contributed by atoms with van der Waals surface area (Å²) < 4.78 is 39.2.